The number of fused-ring (bicyclic) bond motifs is 1. The second-order valence-electron chi connectivity index (χ2n) is 5.44. The molecule has 0 radical (unpaired) electrons. The van der Waals surface area contributed by atoms with Gasteiger partial charge >= 0.3 is 0 Å². The molecule has 0 unspecified atom stereocenters. The molecule has 7 heteroatoms. The van der Waals surface area contributed by atoms with E-state index in [9.17, 15) is 4.79 Å². The Morgan fingerprint density at radius 2 is 2.38 bits per heavy atom. The standard InChI is InChI=1S/C14H17N3O2S2/c1-7-3-4-10-9(5-7)6-11(21-10)13-16-17-14(19-13)20-8(2)12(15)18/h6-8H,3-5H2,1-2H3,(H2,15,18)/t7-,8-/m1/s1. The molecule has 0 fully saturated rings. The molecule has 0 aromatic carbocycles. The number of nitrogens with zero attached hydrogens (tertiary/aromatic N) is 2. The van der Waals surface area contributed by atoms with Gasteiger partial charge in [-0.05, 0) is 43.7 Å². The molecule has 1 aliphatic rings. The summed E-state index contributed by atoms with van der Waals surface area (Å²) < 4.78 is 5.64. The van der Waals surface area contributed by atoms with Gasteiger partial charge in [0.15, 0.2) is 0 Å². The lowest BCUT2D eigenvalue weighted by Crippen LogP contribution is -2.22. The van der Waals surface area contributed by atoms with Gasteiger partial charge in [0.1, 0.15) is 0 Å². The average molecular weight is 323 g/mol. The average Bonchev–Trinajstić information content (AvgIpc) is 3.04. The molecule has 0 aliphatic heterocycles. The van der Waals surface area contributed by atoms with E-state index in [0.29, 0.717) is 11.1 Å². The summed E-state index contributed by atoms with van der Waals surface area (Å²) in [6.07, 6.45) is 3.50. The number of hydrogen-bond acceptors (Lipinski definition) is 6. The van der Waals surface area contributed by atoms with Crippen LogP contribution in [0.5, 0.6) is 0 Å². The van der Waals surface area contributed by atoms with Crippen molar-refractivity contribution in [1.29, 1.82) is 0 Å². The van der Waals surface area contributed by atoms with Crippen LogP contribution in [0.4, 0.5) is 0 Å². The van der Waals surface area contributed by atoms with Crippen molar-refractivity contribution < 1.29 is 9.21 Å². The normalized spacial score (nSPS) is 19.2. The van der Waals surface area contributed by atoms with Crippen LogP contribution in [-0.2, 0) is 17.6 Å². The number of nitrogens with two attached hydrogens (primary N) is 1. The number of thiophene rings is 1. The van der Waals surface area contributed by atoms with Crippen molar-refractivity contribution in [2.45, 2.75) is 43.6 Å². The summed E-state index contributed by atoms with van der Waals surface area (Å²) in [5.41, 5.74) is 6.64. The Kier molecular flexibility index (Phi) is 4.03. The Morgan fingerprint density at radius 3 is 3.14 bits per heavy atom. The Bertz CT molecular complexity index is 665. The predicted octanol–water partition coefficient (Wildman–Crippen LogP) is 2.89. The Morgan fingerprint density at radius 1 is 1.57 bits per heavy atom. The second-order valence-corrected chi connectivity index (χ2v) is 7.87. The molecule has 0 saturated carbocycles. The van der Waals surface area contributed by atoms with E-state index in [1.54, 1.807) is 18.3 Å². The third-order valence-corrected chi connectivity index (χ3v) is 5.80. The van der Waals surface area contributed by atoms with E-state index < -0.39 is 0 Å². The van der Waals surface area contributed by atoms with E-state index in [2.05, 4.69) is 23.2 Å². The number of primary amides is 1. The third kappa shape index (κ3) is 3.13. The molecule has 3 rings (SSSR count). The lowest BCUT2D eigenvalue weighted by Gasteiger charge is -2.16. The molecule has 0 bridgehead atoms. The minimum Gasteiger partial charge on any atom is -0.410 e. The molecule has 1 amide bonds. The largest absolute Gasteiger partial charge is 0.410 e. The Balaban J connectivity index is 1.79. The maximum absolute atomic E-state index is 11.1. The summed E-state index contributed by atoms with van der Waals surface area (Å²) in [5, 5.41) is 8.07. The van der Waals surface area contributed by atoms with Crippen molar-refractivity contribution in [3.8, 4) is 10.8 Å². The fraction of sp³-hybridized carbons (Fsp3) is 0.500. The van der Waals surface area contributed by atoms with Crippen LogP contribution in [0.15, 0.2) is 15.7 Å². The van der Waals surface area contributed by atoms with Crippen LogP contribution in [-0.4, -0.2) is 21.4 Å². The molecule has 0 saturated heterocycles. The first kappa shape index (κ1) is 14.6. The number of amides is 1. The van der Waals surface area contributed by atoms with Crippen molar-refractivity contribution in [2.24, 2.45) is 11.7 Å². The number of rotatable bonds is 4. The number of thioether (sulfide) groups is 1. The molecule has 2 aromatic rings. The maximum Gasteiger partial charge on any atom is 0.277 e. The summed E-state index contributed by atoms with van der Waals surface area (Å²) in [7, 11) is 0. The minimum absolute atomic E-state index is 0.379. The number of aryl methyl sites for hydroxylation is 1. The van der Waals surface area contributed by atoms with Crippen LogP contribution in [0.2, 0.25) is 0 Å². The van der Waals surface area contributed by atoms with Crippen LogP contribution < -0.4 is 5.73 Å². The lowest BCUT2D eigenvalue weighted by atomic mass is 9.90. The van der Waals surface area contributed by atoms with Gasteiger partial charge in [-0.1, -0.05) is 18.7 Å². The van der Waals surface area contributed by atoms with Gasteiger partial charge < -0.3 is 10.2 Å². The van der Waals surface area contributed by atoms with Crippen LogP contribution >= 0.6 is 23.1 Å². The Hall–Kier alpha value is -1.34. The van der Waals surface area contributed by atoms with Gasteiger partial charge in [-0.3, -0.25) is 4.79 Å². The van der Waals surface area contributed by atoms with Crippen molar-refractivity contribution in [2.75, 3.05) is 0 Å². The highest BCUT2D eigenvalue weighted by Gasteiger charge is 2.21. The second kappa shape index (κ2) is 5.81. The van der Waals surface area contributed by atoms with Gasteiger partial charge in [-0.25, -0.2) is 0 Å². The lowest BCUT2D eigenvalue weighted by molar-refractivity contribution is -0.117. The number of aromatic nitrogens is 2. The van der Waals surface area contributed by atoms with Gasteiger partial charge in [0, 0.05) is 4.88 Å². The molecule has 2 atom stereocenters. The highest BCUT2D eigenvalue weighted by Crippen LogP contribution is 2.37. The summed E-state index contributed by atoms with van der Waals surface area (Å²) in [4.78, 5) is 13.5. The van der Waals surface area contributed by atoms with Crippen molar-refractivity contribution >= 4 is 29.0 Å². The molecule has 2 aromatic heterocycles. The predicted molar refractivity (Wildman–Crippen MR) is 83.3 cm³/mol. The van der Waals surface area contributed by atoms with Gasteiger partial charge in [0.25, 0.3) is 11.1 Å². The Labute approximate surface area is 131 Å². The molecule has 2 N–H and O–H groups in total. The van der Waals surface area contributed by atoms with Gasteiger partial charge in [-0.2, -0.15) is 0 Å². The monoisotopic (exact) mass is 323 g/mol. The third-order valence-electron chi connectivity index (χ3n) is 3.62. The summed E-state index contributed by atoms with van der Waals surface area (Å²) in [5.74, 6) is 0.881. The molecule has 1 aliphatic carbocycles. The topological polar surface area (TPSA) is 82.0 Å². The van der Waals surface area contributed by atoms with Gasteiger partial charge in [-0.15, -0.1) is 21.5 Å². The molecule has 0 spiro atoms. The highest BCUT2D eigenvalue weighted by atomic mass is 32.2. The number of carbonyl (C=O) groups excluding carboxylic acids is 1. The van der Waals surface area contributed by atoms with Crippen molar-refractivity contribution in [3.05, 3.63) is 16.5 Å². The van der Waals surface area contributed by atoms with Gasteiger partial charge in [0.2, 0.25) is 5.91 Å². The van der Waals surface area contributed by atoms with Crippen LogP contribution in [0.1, 0.15) is 30.7 Å². The van der Waals surface area contributed by atoms with E-state index >= 15 is 0 Å². The van der Waals surface area contributed by atoms with Crippen LogP contribution in [0.3, 0.4) is 0 Å². The van der Waals surface area contributed by atoms with E-state index in [4.69, 9.17) is 10.2 Å². The quantitative estimate of drug-likeness (QED) is 0.875. The zero-order valence-electron chi connectivity index (χ0n) is 12.0. The molecule has 112 valence electrons. The maximum atomic E-state index is 11.1. The van der Waals surface area contributed by atoms with Crippen molar-refractivity contribution in [3.63, 3.8) is 0 Å². The molecule has 21 heavy (non-hydrogen) atoms. The fourth-order valence-corrected chi connectivity index (χ4v) is 4.14. The molecule has 5 nitrogen and oxygen atoms in total. The molecular weight excluding hydrogens is 306 g/mol. The first-order valence-corrected chi connectivity index (χ1v) is 8.64. The number of hydrogen-bond donors (Lipinski definition) is 1. The first-order chi connectivity index (χ1) is 10.0. The minimum atomic E-state index is -0.389. The number of carbonyl (C=O) groups is 1. The highest BCUT2D eigenvalue weighted by molar-refractivity contribution is 8.00. The molecule has 2 heterocycles. The fourth-order valence-electron chi connectivity index (χ4n) is 2.38. The van der Waals surface area contributed by atoms with Crippen molar-refractivity contribution in [1.82, 2.24) is 10.2 Å². The summed E-state index contributed by atoms with van der Waals surface area (Å²) in [6.45, 7) is 4.01. The van der Waals surface area contributed by atoms with E-state index in [1.165, 1.54) is 28.6 Å². The molecular formula is C14H17N3O2S2. The van der Waals surface area contributed by atoms with Crippen LogP contribution in [0.25, 0.3) is 10.8 Å². The SMILES string of the molecule is C[C@@H]1CCc2sc(-c3nnc(S[C@H](C)C(N)=O)o3)cc2C1. The smallest absolute Gasteiger partial charge is 0.277 e. The van der Waals surface area contributed by atoms with Crippen LogP contribution in [0, 0.1) is 5.92 Å². The zero-order valence-corrected chi connectivity index (χ0v) is 13.6. The summed E-state index contributed by atoms with van der Waals surface area (Å²) >= 11 is 2.92. The van der Waals surface area contributed by atoms with E-state index in [-0.39, 0.29) is 11.2 Å². The van der Waals surface area contributed by atoms with E-state index in [1.807, 2.05) is 0 Å². The van der Waals surface area contributed by atoms with E-state index in [0.717, 1.165) is 23.6 Å². The zero-order chi connectivity index (χ0) is 15.0. The first-order valence-electron chi connectivity index (χ1n) is 6.94. The summed E-state index contributed by atoms with van der Waals surface area (Å²) in [6, 6.07) is 2.16. The van der Waals surface area contributed by atoms with Gasteiger partial charge in [0.05, 0.1) is 10.1 Å².